The van der Waals surface area contributed by atoms with Gasteiger partial charge in [-0.1, -0.05) is 0 Å². The lowest BCUT2D eigenvalue weighted by Gasteiger charge is -2.22. The van der Waals surface area contributed by atoms with Crippen LogP contribution in [0.1, 0.15) is 6.92 Å². The molecule has 0 aliphatic heterocycles. The normalized spacial score (nSPS) is 8.80. The molecule has 0 aromatic heterocycles. The number of hydrogen-bond donors (Lipinski definition) is 1. The van der Waals surface area contributed by atoms with E-state index in [1.807, 2.05) is 21.1 Å². The highest BCUT2D eigenvalue weighted by Crippen LogP contribution is 1.78. The largest absolute Gasteiger partial charge is 1.00 e. The first-order valence-electron chi connectivity index (χ1n) is 2.52. The Morgan fingerprint density at radius 2 is 1.60 bits per heavy atom. The molecule has 0 atom stereocenters. The molecule has 0 bridgehead atoms. The summed E-state index contributed by atoms with van der Waals surface area (Å²) in [6, 6.07) is 0. The third-order valence-electron chi connectivity index (χ3n) is 0.493. The van der Waals surface area contributed by atoms with Gasteiger partial charge in [-0.25, -0.2) is 10.0 Å². The Kier molecular flexibility index (Phi) is 9.28. The van der Waals surface area contributed by atoms with Crippen molar-refractivity contribution in [3.05, 3.63) is 0 Å². The van der Waals surface area contributed by atoms with E-state index in [-0.39, 0.29) is 28.4 Å². The second-order valence-corrected chi connectivity index (χ2v) is 2.68. The number of carbonyl (C=O) groups excluding carboxylic acids is 1. The van der Waals surface area contributed by atoms with E-state index >= 15 is 0 Å². The van der Waals surface area contributed by atoms with E-state index in [1.165, 1.54) is 6.92 Å². The topological polar surface area (TPSA) is 60.6 Å². The molecule has 0 aliphatic rings. The van der Waals surface area contributed by atoms with Crippen molar-refractivity contribution < 1.29 is 31.8 Å². The van der Waals surface area contributed by atoms with Crippen molar-refractivity contribution in [2.45, 2.75) is 6.92 Å². The van der Waals surface area contributed by atoms with Gasteiger partial charge in [-0.05, 0) is 0 Å². The molecule has 0 rings (SSSR count). The lowest BCUT2D eigenvalue weighted by molar-refractivity contribution is -0.906. The SMILES string of the molecule is CC(=O)N[N+](C)(C)C.O.[Br-]. The van der Waals surface area contributed by atoms with Crippen LogP contribution >= 0.6 is 0 Å². The van der Waals surface area contributed by atoms with Gasteiger partial charge in [0.15, 0.2) is 0 Å². The van der Waals surface area contributed by atoms with E-state index in [2.05, 4.69) is 5.43 Å². The summed E-state index contributed by atoms with van der Waals surface area (Å²) in [4.78, 5) is 10.3. The third-order valence-corrected chi connectivity index (χ3v) is 0.493. The number of rotatable bonds is 1. The summed E-state index contributed by atoms with van der Waals surface area (Å²) < 4.78 is 0.481. The Balaban J connectivity index is -0.000000245. The van der Waals surface area contributed by atoms with E-state index < -0.39 is 0 Å². The van der Waals surface area contributed by atoms with Gasteiger partial charge >= 0.3 is 0 Å². The number of carbonyl (C=O) groups is 1. The number of hydrogen-bond acceptors (Lipinski definition) is 1. The molecule has 10 heavy (non-hydrogen) atoms. The van der Waals surface area contributed by atoms with E-state index in [0.29, 0.717) is 4.59 Å². The second kappa shape index (κ2) is 5.64. The van der Waals surface area contributed by atoms with Crippen molar-refractivity contribution in [1.82, 2.24) is 5.43 Å². The second-order valence-electron chi connectivity index (χ2n) is 2.68. The van der Waals surface area contributed by atoms with E-state index in [9.17, 15) is 4.79 Å². The van der Waals surface area contributed by atoms with Crippen molar-refractivity contribution in [3.8, 4) is 0 Å². The van der Waals surface area contributed by atoms with Crippen LogP contribution in [0.4, 0.5) is 0 Å². The van der Waals surface area contributed by atoms with Gasteiger partial charge in [0.25, 0.3) is 5.91 Å². The Morgan fingerprint density at radius 3 is 1.60 bits per heavy atom. The van der Waals surface area contributed by atoms with Gasteiger partial charge in [-0.2, -0.15) is 0 Å². The first kappa shape index (κ1) is 16.5. The summed E-state index contributed by atoms with van der Waals surface area (Å²) in [5, 5.41) is 0. The molecule has 0 fully saturated rings. The summed E-state index contributed by atoms with van der Waals surface area (Å²) >= 11 is 0. The summed E-state index contributed by atoms with van der Waals surface area (Å²) in [5.41, 5.74) is 2.68. The van der Waals surface area contributed by atoms with E-state index in [4.69, 9.17) is 0 Å². The van der Waals surface area contributed by atoms with Gasteiger partial charge in [-0.15, -0.1) is 0 Å². The van der Waals surface area contributed by atoms with Gasteiger partial charge < -0.3 is 22.5 Å². The molecular formula is C5H15BrN2O2. The summed E-state index contributed by atoms with van der Waals surface area (Å²) in [7, 11) is 5.67. The molecule has 0 saturated heterocycles. The Labute approximate surface area is 71.8 Å². The lowest BCUT2D eigenvalue weighted by Crippen LogP contribution is -3.00. The van der Waals surface area contributed by atoms with Crippen LogP contribution in [0.15, 0.2) is 0 Å². The molecule has 0 spiro atoms. The number of halogens is 1. The zero-order valence-electron chi connectivity index (χ0n) is 6.73. The molecule has 0 aromatic rings. The minimum absolute atomic E-state index is 0. The first-order valence-corrected chi connectivity index (χ1v) is 2.52. The average Bonchev–Trinajstić information content (AvgIpc) is 1.21. The monoisotopic (exact) mass is 214 g/mol. The molecule has 64 valence electrons. The van der Waals surface area contributed by atoms with Crippen LogP contribution in [0, 0.1) is 0 Å². The van der Waals surface area contributed by atoms with Gasteiger partial charge in [0.2, 0.25) is 0 Å². The van der Waals surface area contributed by atoms with Crippen LogP contribution in [0.3, 0.4) is 0 Å². The van der Waals surface area contributed by atoms with Gasteiger partial charge in [0.05, 0.1) is 21.1 Å². The maximum absolute atomic E-state index is 10.3. The lowest BCUT2D eigenvalue weighted by atomic mass is 10.7. The molecular weight excluding hydrogens is 200 g/mol. The molecule has 4 nitrogen and oxygen atoms in total. The van der Waals surface area contributed by atoms with Crippen molar-refractivity contribution in [2.75, 3.05) is 21.1 Å². The highest BCUT2D eigenvalue weighted by molar-refractivity contribution is 5.71. The van der Waals surface area contributed by atoms with Crippen LogP contribution in [0.5, 0.6) is 0 Å². The molecule has 0 unspecified atom stereocenters. The van der Waals surface area contributed by atoms with Crippen molar-refractivity contribution in [2.24, 2.45) is 0 Å². The van der Waals surface area contributed by atoms with Crippen LogP contribution in [-0.2, 0) is 4.79 Å². The van der Waals surface area contributed by atoms with Crippen LogP contribution in [0.2, 0.25) is 0 Å². The fourth-order valence-corrected chi connectivity index (χ4v) is 0.472. The van der Waals surface area contributed by atoms with E-state index in [1.54, 1.807) is 0 Å². The fraction of sp³-hybridized carbons (Fsp3) is 0.800. The van der Waals surface area contributed by atoms with Crippen molar-refractivity contribution in [3.63, 3.8) is 0 Å². The Bertz CT molecular complexity index is 100. The van der Waals surface area contributed by atoms with Gasteiger partial charge in [0, 0.05) is 6.92 Å². The number of nitrogens with one attached hydrogen (secondary N) is 1. The number of nitrogens with zero attached hydrogens (tertiary/aromatic N) is 1. The fourth-order valence-electron chi connectivity index (χ4n) is 0.472. The molecule has 0 aliphatic carbocycles. The smallest absolute Gasteiger partial charge is 0.261 e. The Morgan fingerprint density at radius 1 is 1.30 bits per heavy atom. The predicted molar refractivity (Wildman–Crippen MR) is 35.5 cm³/mol. The molecule has 0 aromatic carbocycles. The first-order chi connectivity index (χ1) is 3.42. The maximum Gasteiger partial charge on any atom is 0.261 e. The summed E-state index contributed by atoms with van der Waals surface area (Å²) in [6.07, 6.45) is 0. The van der Waals surface area contributed by atoms with E-state index in [0.717, 1.165) is 0 Å². The average molecular weight is 215 g/mol. The Hall–Kier alpha value is -0.130. The number of quaternary nitrogens is 1. The number of amides is 1. The van der Waals surface area contributed by atoms with Gasteiger partial charge in [0.1, 0.15) is 0 Å². The predicted octanol–water partition coefficient (Wildman–Crippen LogP) is -4.08. The summed E-state index contributed by atoms with van der Waals surface area (Å²) in [6.45, 7) is 1.50. The van der Waals surface area contributed by atoms with Crippen LogP contribution < -0.4 is 22.4 Å². The third kappa shape index (κ3) is 15.7. The zero-order valence-corrected chi connectivity index (χ0v) is 8.32. The quantitative estimate of drug-likeness (QED) is 0.351. The van der Waals surface area contributed by atoms with Crippen molar-refractivity contribution in [1.29, 1.82) is 0 Å². The molecule has 0 heterocycles. The molecule has 1 amide bonds. The highest BCUT2D eigenvalue weighted by atomic mass is 79.9. The van der Waals surface area contributed by atoms with Crippen molar-refractivity contribution >= 4 is 5.91 Å². The minimum Gasteiger partial charge on any atom is -1.00 e. The highest BCUT2D eigenvalue weighted by Gasteiger charge is 2.06. The van der Waals surface area contributed by atoms with Crippen LogP contribution in [0.25, 0.3) is 0 Å². The minimum atomic E-state index is -0.00231. The van der Waals surface area contributed by atoms with Crippen LogP contribution in [-0.4, -0.2) is 37.1 Å². The molecule has 5 heteroatoms. The molecule has 3 N–H and O–H groups in total. The zero-order chi connectivity index (χ0) is 6.78. The molecule has 0 radical (unpaired) electrons. The molecule has 0 saturated carbocycles. The maximum atomic E-state index is 10.3. The van der Waals surface area contributed by atoms with Gasteiger partial charge in [-0.3, -0.25) is 4.79 Å². The standard InChI is InChI=1S/C5H12N2O.BrH.H2O/c1-5(8)6-7(2,3)4;;/h1-4H3;1H;1H2. The summed E-state index contributed by atoms with van der Waals surface area (Å²) in [5.74, 6) is -0.00231.